The van der Waals surface area contributed by atoms with Crippen molar-refractivity contribution >= 4 is 28.6 Å². The van der Waals surface area contributed by atoms with E-state index in [1.165, 1.54) is 4.88 Å². The molecule has 0 unspecified atom stereocenters. The third kappa shape index (κ3) is 2.96. The molecule has 1 amide bonds. The first-order chi connectivity index (χ1) is 9.15. The zero-order chi connectivity index (χ0) is 13.8. The summed E-state index contributed by atoms with van der Waals surface area (Å²) in [7, 11) is 0. The van der Waals surface area contributed by atoms with Gasteiger partial charge in [-0.1, -0.05) is 6.92 Å². The number of rotatable bonds is 4. The zero-order valence-electron chi connectivity index (χ0n) is 11.2. The van der Waals surface area contributed by atoms with Crippen LogP contribution in [-0.2, 0) is 6.42 Å². The number of aryl methyl sites for hydroxylation is 1. The summed E-state index contributed by atoms with van der Waals surface area (Å²) in [5.41, 5.74) is 7.26. The topological polar surface area (TPSA) is 46.3 Å². The number of thiophene rings is 1. The molecule has 100 valence electrons. The van der Waals surface area contributed by atoms with E-state index in [1.807, 2.05) is 43.3 Å². The molecule has 1 aromatic heterocycles. The van der Waals surface area contributed by atoms with Gasteiger partial charge in [0.2, 0.25) is 0 Å². The molecular weight excluding hydrogens is 256 g/mol. The van der Waals surface area contributed by atoms with Gasteiger partial charge >= 0.3 is 0 Å². The predicted molar refractivity (Wildman–Crippen MR) is 81.9 cm³/mol. The van der Waals surface area contributed by atoms with E-state index in [1.54, 1.807) is 16.2 Å². The Morgan fingerprint density at radius 2 is 1.84 bits per heavy atom. The highest BCUT2D eigenvalue weighted by Gasteiger charge is 2.17. The third-order valence-corrected chi connectivity index (χ3v) is 4.20. The van der Waals surface area contributed by atoms with Crippen LogP contribution in [0.1, 0.15) is 28.4 Å². The number of carbonyl (C=O) groups is 1. The largest absolute Gasteiger partial charge is 0.399 e. The summed E-state index contributed by atoms with van der Waals surface area (Å²) >= 11 is 1.57. The number of hydrogen-bond donors (Lipinski definition) is 1. The lowest BCUT2D eigenvalue weighted by Gasteiger charge is -2.20. The average Bonchev–Trinajstić information content (AvgIpc) is 2.90. The summed E-state index contributed by atoms with van der Waals surface area (Å²) in [6.45, 7) is 4.71. The molecule has 2 rings (SSSR count). The van der Waals surface area contributed by atoms with E-state index >= 15 is 0 Å². The second kappa shape index (κ2) is 5.89. The van der Waals surface area contributed by atoms with Gasteiger partial charge in [0, 0.05) is 22.8 Å². The molecule has 0 saturated heterocycles. The minimum absolute atomic E-state index is 0.0528. The molecule has 0 fully saturated rings. The summed E-state index contributed by atoms with van der Waals surface area (Å²) in [5, 5.41) is 0. The molecule has 2 N–H and O–H groups in total. The Kier molecular flexibility index (Phi) is 4.22. The average molecular weight is 274 g/mol. The second-order valence-electron chi connectivity index (χ2n) is 4.26. The van der Waals surface area contributed by atoms with Gasteiger partial charge in [0.15, 0.2) is 0 Å². The molecule has 0 aliphatic carbocycles. The Morgan fingerprint density at radius 1 is 1.16 bits per heavy atom. The minimum atomic E-state index is 0.0528. The number of nitrogens with zero attached hydrogens (tertiary/aromatic N) is 1. The molecule has 4 heteroatoms. The van der Waals surface area contributed by atoms with E-state index in [4.69, 9.17) is 5.73 Å². The number of nitrogens with two attached hydrogens (primary N) is 1. The van der Waals surface area contributed by atoms with E-state index in [0.29, 0.717) is 12.2 Å². The fraction of sp³-hybridized carbons (Fsp3) is 0.267. The smallest absolute Gasteiger partial charge is 0.268 e. The Bertz CT molecular complexity index is 560. The second-order valence-corrected chi connectivity index (χ2v) is 5.43. The van der Waals surface area contributed by atoms with Crippen LogP contribution in [0.25, 0.3) is 0 Å². The zero-order valence-corrected chi connectivity index (χ0v) is 12.0. The number of anilines is 2. The molecule has 0 bridgehead atoms. The number of amides is 1. The molecule has 1 aromatic carbocycles. The van der Waals surface area contributed by atoms with E-state index in [9.17, 15) is 4.79 Å². The van der Waals surface area contributed by atoms with E-state index in [0.717, 1.165) is 17.0 Å². The molecule has 0 atom stereocenters. The SMILES string of the molecule is CCc1ccc(C(=O)N(CC)c2ccc(N)cc2)s1. The molecule has 0 saturated carbocycles. The number of benzene rings is 1. The van der Waals surface area contributed by atoms with Crippen LogP contribution in [-0.4, -0.2) is 12.5 Å². The van der Waals surface area contributed by atoms with Crippen molar-refractivity contribution in [1.29, 1.82) is 0 Å². The van der Waals surface area contributed by atoms with Crippen molar-refractivity contribution in [2.75, 3.05) is 17.2 Å². The van der Waals surface area contributed by atoms with Crippen molar-refractivity contribution < 1.29 is 4.79 Å². The summed E-state index contributed by atoms with van der Waals surface area (Å²) in [4.78, 5) is 16.3. The number of carbonyl (C=O) groups excluding carboxylic acids is 1. The Labute approximate surface area is 117 Å². The van der Waals surface area contributed by atoms with Crippen molar-refractivity contribution in [2.45, 2.75) is 20.3 Å². The molecule has 1 heterocycles. The standard InChI is InChI=1S/C15H18N2OS/c1-3-13-9-10-14(19-13)15(18)17(4-2)12-7-5-11(16)6-8-12/h5-10H,3-4,16H2,1-2H3. The number of hydrogen-bond acceptors (Lipinski definition) is 3. The highest BCUT2D eigenvalue weighted by atomic mass is 32.1. The van der Waals surface area contributed by atoms with Crippen LogP contribution in [0.5, 0.6) is 0 Å². The molecule has 19 heavy (non-hydrogen) atoms. The van der Waals surface area contributed by atoms with Crippen LogP contribution in [0.2, 0.25) is 0 Å². The Hall–Kier alpha value is -1.81. The maximum atomic E-state index is 12.5. The quantitative estimate of drug-likeness (QED) is 0.866. The van der Waals surface area contributed by atoms with E-state index in [-0.39, 0.29) is 5.91 Å². The van der Waals surface area contributed by atoms with Crippen molar-refractivity contribution in [3.05, 3.63) is 46.2 Å². The summed E-state index contributed by atoms with van der Waals surface area (Å²) in [6, 6.07) is 11.3. The van der Waals surface area contributed by atoms with Gasteiger partial charge in [0.25, 0.3) is 5.91 Å². The van der Waals surface area contributed by atoms with Crippen molar-refractivity contribution in [3.8, 4) is 0 Å². The minimum Gasteiger partial charge on any atom is -0.399 e. The van der Waals surface area contributed by atoms with Gasteiger partial charge in [0.1, 0.15) is 0 Å². The van der Waals surface area contributed by atoms with E-state index in [2.05, 4.69) is 6.92 Å². The monoisotopic (exact) mass is 274 g/mol. The molecule has 0 aliphatic rings. The predicted octanol–water partition coefficient (Wildman–Crippen LogP) is 3.56. The van der Waals surface area contributed by atoms with Gasteiger partial charge in [-0.2, -0.15) is 0 Å². The normalized spacial score (nSPS) is 10.4. The van der Waals surface area contributed by atoms with Crippen LogP contribution in [0.4, 0.5) is 11.4 Å². The Balaban J connectivity index is 2.26. The van der Waals surface area contributed by atoms with Gasteiger partial charge in [-0.25, -0.2) is 0 Å². The Morgan fingerprint density at radius 3 is 2.37 bits per heavy atom. The first kappa shape index (κ1) is 13.6. The fourth-order valence-electron chi connectivity index (χ4n) is 1.91. The molecule has 3 nitrogen and oxygen atoms in total. The van der Waals surface area contributed by atoms with Gasteiger partial charge in [-0.05, 0) is 49.7 Å². The van der Waals surface area contributed by atoms with Gasteiger partial charge < -0.3 is 10.6 Å². The highest BCUT2D eigenvalue weighted by Crippen LogP contribution is 2.23. The summed E-state index contributed by atoms with van der Waals surface area (Å²) < 4.78 is 0. The lowest BCUT2D eigenvalue weighted by molar-refractivity contribution is 0.0992. The summed E-state index contributed by atoms with van der Waals surface area (Å²) in [6.07, 6.45) is 0.964. The van der Waals surface area contributed by atoms with Crippen LogP contribution < -0.4 is 10.6 Å². The number of nitrogen functional groups attached to an aromatic ring is 1. The van der Waals surface area contributed by atoms with Gasteiger partial charge in [-0.15, -0.1) is 11.3 Å². The third-order valence-electron chi connectivity index (χ3n) is 2.99. The molecular formula is C15H18N2OS. The van der Waals surface area contributed by atoms with Crippen molar-refractivity contribution in [1.82, 2.24) is 0 Å². The lowest BCUT2D eigenvalue weighted by Crippen LogP contribution is -2.29. The van der Waals surface area contributed by atoms with Gasteiger partial charge in [-0.3, -0.25) is 4.79 Å². The van der Waals surface area contributed by atoms with Crippen molar-refractivity contribution in [2.24, 2.45) is 0 Å². The fourth-order valence-corrected chi connectivity index (χ4v) is 2.81. The van der Waals surface area contributed by atoms with Crippen LogP contribution >= 0.6 is 11.3 Å². The lowest BCUT2D eigenvalue weighted by atomic mass is 10.2. The molecule has 0 spiro atoms. The van der Waals surface area contributed by atoms with Crippen LogP contribution in [0.15, 0.2) is 36.4 Å². The first-order valence-electron chi connectivity index (χ1n) is 6.41. The van der Waals surface area contributed by atoms with E-state index < -0.39 is 0 Å². The van der Waals surface area contributed by atoms with Crippen molar-refractivity contribution in [3.63, 3.8) is 0 Å². The molecule has 2 aromatic rings. The maximum Gasteiger partial charge on any atom is 0.268 e. The first-order valence-corrected chi connectivity index (χ1v) is 7.23. The van der Waals surface area contributed by atoms with Crippen LogP contribution in [0, 0.1) is 0 Å². The molecule has 0 aliphatic heterocycles. The summed E-state index contributed by atoms with van der Waals surface area (Å²) in [5.74, 6) is 0.0528. The highest BCUT2D eigenvalue weighted by molar-refractivity contribution is 7.14. The van der Waals surface area contributed by atoms with Gasteiger partial charge in [0.05, 0.1) is 4.88 Å². The molecule has 0 radical (unpaired) electrons. The maximum absolute atomic E-state index is 12.5. The van der Waals surface area contributed by atoms with Crippen LogP contribution in [0.3, 0.4) is 0 Å².